The molecule has 0 saturated carbocycles. The van der Waals surface area contributed by atoms with Crippen molar-refractivity contribution in [1.82, 2.24) is 10.2 Å². The maximum absolute atomic E-state index is 3.84. The molecule has 3 unspecified atom stereocenters. The highest BCUT2D eigenvalue weighted by Gasteiger charge is 2.51. The Hall–Kier alpha value is -0.0800. The molecule has 18 heavy (non-hydrogen) atoms. The molecule has 0 aromatic heterocycles. The lowest BCUT2D eigenvalue weighted by Gasteiger charge is -2.58. The van der Waals surface area contributed by atoms with Gasteiger partial charge >= 0.3 is 0 Å². The Morgan fingerprint density at radius 1 is 1.11 bits per heavy atom. The Bertz CT molecular complexity index is 306. The van der Waals surface area contributed by atoms with E-state index in [2.05, 4.69) is 58.7 Å². The van der Waals surface area contributed by atoms with Crippen LogP contribution in [0, 0.1) is 22.7 Å². The molecular formula is C16H32N2. The van der Waals surface area contributed by atoms with Crippen LogP contribution in [0.5, 0.6) is 0 Å². The molecule has 0 radical (unpaired) electrons. The van der Waals surface area contributed by atoms with E-state index >= 15 is 0 Å². The average Bonchev–Trinajstić information content (AvgIpc) is 2.22. The Kier molecular flexibility index (Phi) is 3.57. The highest BCUT2D eigenvalue weighted by atomic mass is 15.2. The summed E-state index contributed by atoms with van der Waals surface area (Å²) in [5.41, 5.74) is 0.843. The van der Waals surface area contributed by atoms with E-state index < -0.39 is 0 Å². The summed E-state index contributed by atoms with van der Waals surface area (Å²) in [6, 6.07) is 1.34. The molecule has 2 nitrogen and oxygen atoms in total. The largest absolute Gasteiger partial charge is 0.312 e. The fourth-order valence-electron chi connectivity index (χ4n) is 4.26. The van der Waals surface area contributed by atoms with Crippen molar-refractivity contribution < 1.29 is 0 Å². The number of hydrogen-bond acceptors (Lipinski definition) is 2. The molecule has 2 aliphatic heterocycles. The van der Waals surface area contributed by atoms with Crippen molar-refractivity contribution in [3.63, 3.8) is 0 Å². The number of likely N-dealkylation sites (tertiary alicyclic amines) is 1. The fraction of sp³-hybridized carbons (Fsp3) is 1.00. The van der Waals surface area contributed by atoms with Gasteiger partial charge in [-0.15, -0.1) is 0 Å². The predicted octanol–water partition coefficient (Wildman–Crippen LogP) is 2.99. The number of fused-ring (bicyclic) bond motifs is 1. The van der Waals surface area contributed by atoms with E-state index in [-0.39, 0.29) is 0 Å². The van der Waals surface area contributed by atoms with Gasteiger partial charge in [0.15, 0.2) is 0 Å². The summed E-state index contributed by atoms with van der Waals surface area (Å²) in [5, 5.41) is 3.84. The molecule has 1 N–H and O–H groups in total. The fourth-order valence-corrected chi connectivity index (χ4v) is 4.26. The van der Waals surface area contributed by atoms with Crippen LogP contribution in [0.4, 0.5) is 0 Å². The number of nitrogens with zero attached hydrogens (tertiary/aromatic N) is 1. The SMILES string of the molecule is CC(C)N1CC2NCC(C)(C)C(C)C2C(C)(C)C1. The van der Waals surface area contributed by atoms with Gasteiger partial charge in [-0.25, -0.2) is 0 Å². The molecule has 0 amide bonds. The van der Waals surface area contributed by atoms with Gasteiger partial charge in [-0.05, 0) is 36.5 Å². The van der Waals surface area contributed by atoms with Gasteiger partial charge in [-0.1, -0.05) is 34.6 Å². The zero-order valence-corrected chi connectivity index (χ0v) is 13.4. The Morgan fingerprint density at radius 3 is 2.28 bits per heavy atom. The Balaban J connectivity index is 2.24. The number of piperidine rings is 2. The van der Waals surface area contributed by atoms with Crippen LogP contribution in [0.25, 0.3) is 0 Å². The van der Waals surface area contributed by atoms with Crippen LogP contribution in [-0.4, -0.2) is 36.6 Å². The topological polar surface area (TPSA) is 15.3 Å². The summed E-state index contributed by atoms with van der Waals surface area (Å²) < 4.78 is 0. The van der Waals surface area contributed by atoms with E-state index in [1.54, 1.807) is 0 Å². The second kappa shape index (κ2) is 4.49. The predicted molar refractivity (Wildman–Crippen MR) is 78.7 cm³/mol. The first-order chi connectivity index (χ1) is 8.15. The summed E-state index contributed by atoms with van der Waals surface area (Å²) in [6.45, 7) is 20.6. The van der Waals surface area contributed by atoms with Crippen LogP contribution in [-0.2, 0) is 0 Å². The van der Waals surface area contributed by atoms with E-state index in [0.717, 1.165) is 18.4 Å². The summed E-state index contributed by atoms with van der Waals surface area (Å²) in [6.07, 6.45) is 0. The van der Waals surface area contributed by atoms with Crippen molar-refractivity contribution >= 4 is 0 Å². The van der Waals surface area contributed by atoms with E-state index in [9.17, 15) is 0 Å². The molecule has 2 fully saturated rings. The van der Waals surface area contributed by atoms with Crippen molar-refractivity contribution in [3.8, 4) is 0 Å². The minimum atomic E-state index is 0.414. The van der Waals surface area contributed by atoms with Gasteiger partial charge in [-0.3, -0.25) is 4.90 Å². The molecule has 0 aliphatic carbocycles. The van der Waals surface area contributed by atoms with Crippen molar-refractivity contribution in [3.05, 3.63) is 0 Å². The molecule has 106 valence electrons. The summed E-state index contributed by atoms with van der Waals surface area (Å²) in [5.74, 6) is 1.60. The highest BCUT2D eigenvalue weighted by Crippen LogP contribution is 2.48. The van der Waals surface area contributed by atoms with Gasteiger partial charge in [0.25, 0.3) is 0 Å². The van der Waals surface area contributed by atoms with Gasteiger partial charge in [0, 0.05) is 31.7 Å². The van der Waals surface area contributed by atoms with Gasteiger partial charge < -0.3 is 5.32 Å². The molecule has 2 rings (SSSR count). The molecular weight excluding hydrogens is 220 g/mol. The van der Waals surface area contributed by atoms with Gasteiger partial charge in [0.05, 0.1) is 0 Å². The van der Waals surface area contributed by atoms with Gasteiger partial charge in [0.1, 0.15) is 0 Å². The molecule has 0 aromatic carbocycles. The second-order valence-corrected chi connectivity index (χ2v) is 8.30. The van der Waals surface area contributed by atoms with Crippen molar-refractivity contribution in [2.75, 3.05) is 19.6 Å². The summed E-state index contributed by atoms with van der Waals surface area (Å²) in [7, 11) is 0. The standard InChI is InChI=1S/C16H32N2/c1-11(2)18-8-13-14(16(6,7)10-18)12(3)15(4,5)9-17-13/h11-14,17H,8-10H2,1-7H3. The molecule has 2 saturated heterocycles. The van der Waals surface area contributed by atoms with E-state index in [1.807, 2.05) is 0 Å². The first-order valence-corrected chi connectivity index (χ1v) is 7.62. The number of nitrogens with one attached hydrogen (secondary N) is 1. The zero-order valence-electron chi connectivity index (χ0n) is 13.4. The van der Waals surface area contributed by atoms with E-state index in [0.29, 0.717) is 22.9 Å². The van der Waals surface area contributed by atoms with E-state index in [4.69, 9.17) is 0 Å². The Morgan fingerprint density at radius 2 is 1.72 bits per heavy atom. The molecule has 0 bridgehead atoms. The number of rotatable bonds is 1. The monoisotopic (exact) mass is 252 g/mol. The van der Waals surface area contributed by atoms with Crippen LogP contribution in [0.3, 0.4) is 0 Å². The molecule has 2 heterocycles. The number of hydrogen-bond donors (Lipinski definition) is 1. The molecule has 0 aromatic rings. The summed E-state index contributed by atoms with van der Waals surface area (Å²) in [4.78, 5) is 2.65. The van der Waals surface area contributed by atoms with Crippen molar-refractivity contribution in [2.24, 2.45) is 22.7 Å². The minimum Gasteiger partial charge on any atom is -0.312 e. The van der Waals surface area contributed by atoms with Crippen LogP contribution in [0.15, 0.2) is 0 Å². The third kappa shape index (κ3) is 2.34. The lowest BCUT2D eigenvalue weighted by molar-refractivity contribution is -0.0716. The smallest absolute Gasteiger partial charge is 0.0231 e. The van der Waals surface area contributed by atoms with Crippen LogP contribution in [0.2, 0.25) is 0 Å². The van der Waals surface area contributed by atoms with Gasteiger partial charge in [0.2, 0.25) is 0 Å². The molecule has 0 spiro atoms. The average molecular weight is 252 g/mol. The molecule has 2 aliphatic rings. The highest BCUT2D eigenvalue weighted by molar-refractivity contribution is 5.04. The summed E-state index contributed by atoms with van der Waals surface area (Å²) >= 11 is 0. The normalized spacial score (nSPS) is 39.7. The first kappa shape index (κ1) is 14.3. The van der Waals surface area contributed by atoms with Crippen molar-refractivity contribution in [2.45, 2.75) is 60.5 Å². The van der Waals surface area contributed by atoms with Crippen LogP contribution in [0.1, 0.15) is 48.5 Å². The minimum absolute atomic E-state index is 0.414. The first-order valence-electron chi connectivity index (χ1n) is 7.62. The third-order valence-corrected chi connectivity index (χ3v) is 5.70. The lowest BCUT2D eigenvalue weighted by atomic mass is 9.57. The van der Waals surface area contributed by atoms with Crippen LogP contribution >= 0.6 is 0 Å². The van der Waals surface area contributed by atoms with Crippen molar-refractivity contribution in [1.29, 1.82) is 0 Å². The molecule has 3 atom stereocenters. The Labute approximate surface area is 114 Å². The second-order valence-electron chi connectivity index (χ2n) is 8.30. The third-order valence-electron chi connectivity index (χ3n) is 5.70. The maximum Gasteiger partial charge on any atom is 0.0231 e. The maximum atomic E-state index is 3.84. The van der Waals surface area contributed by atoms with E-state index in [1.165, 1.54) is 13.1 Å². The molecule has 2 heteroatoms. The lowest BCUT2D eigenvalue weighted by Crippen LogP contribution is -2.67. The zero-order chi connectivity index (χ0) is 13.7. The van der Waals surface area contributed by atoms with Gasteiger partial charge in [-0.2, -0.15) is 0 Å². The quantitative estimate of drug-likeness (QED) is 0.772. The van der Waals surface area contributed by atoms with Crippen LogP contribution < -0.4 is 5.32 Å².